The Bertz CT molecular complexity index is 445. The van der Waals surface area contributed by atoms with Gasteiger partial charge in [0, 0.05) is 0 Å². The molecule has 19 heavy (non-hydrogen) atoms. The normalized spacial score (nSPS) is 53.2. The topological polar surface area (TPSA) is 6.25 Å². The molecule has 1 saturated carbocycles. The maximum atomic E-state index is 2.92. The van der Waals surface area contributed by atoms with E-state index in [-0.39, 0.29) is 0 Å². The van der Waals surface area contributed by atoms with Gasteiger partial charge in [-0.3, -0.25) is 0 Å². The van der Waals surface area contributed by atoms with Crippen molar-refractivity contribution in [2.24, 2.45) is 11.8 Å². The van der Waals surface area contributed by atoms with Crippen LogP contribution < -0.4 is 42.4 Å². The van der Waals surface area contributed by atoms with Crippen LogP contribution in [0.2, 0.25) is 0 Å². The molecule has 0 radical (unpaired) electrons. The molecule has 3 aliphatic heterocycles. The van der Waals surface area contributed by atoms with E-state index in [1.807, 2.05) is 0 Å². The third kappa shape index (κ3) is 1.99. The molecule has 7 unspecified atom stereocenters. The van der Waals surface area contributed by atoms with Crippen molar-refractivity contribution < 1.29 is 42.4 Å². The number of likely N-dealkylation sites (N-methyl/N-ethyl adjacent to an activating group) is 1. The predicted octanol–water partition coefficient (Wildman–Crippen LogP) is -4.22. The molecule has 1 aliphatic carbocycles. The average Bonchev–Trinajstić information content (AvgIpc) is 3.18. The molecule has 0 amide bonds. The van der Waals surface area contributed by atoms with Gasteiger partial charge in [-0.15, -0.1) is 0 Å². The summed E-state index contributed by atoms with van der Waals surface area (Å²) in [4.78, 5) is 5.52. The molecule has 4 heteroatoms. The zero-order valence-corrected chi connectivity index (χ0v) is 16.7. The Balaban J connectivity index is 1.38. The summed E-state index contributed by atoms with van der Waals surface area (Å²) in [6.45, 7) is 11.2. The van der Waals surface area contributed by atoms with Gasteiger partial charge in [0.1, 0.15) is 0 Å². The molecule has 8 atom stereocenters. The zero-order valence-electron chi connectivity index (χ0n) is 12.4. The van der Waals surface area contributed by atoms with Gasteiger partial charge in [0.25, 0.3) is 0 Å². The van der Waals surface area contributed by atoms with E-state index in [2.05, 4.69) is 48.6 Å². The minimum atomic E-state index is 0.413. The molecule has 2 saturated heterocycles. The van der Waals surface area contributed by atoms with Gasteiger partial charge < -0.3 is 0 Å². The van der Waals surface area contributed by atoms with Gasteiger partial charge >= 0.3 is 139 Å². The van der Waals surface area contributed by atoms with Crippen molar-refractivity contribution in [2.75, 3.05) is 13.6 Å². The Hall–Kier alpha value is 1.12. The van der Waals surface area contributed by atoms with Crippen molar-refractivity contribution in [1.82, 2.24) is 9.80 Å². The number of hydrogen-bond donors (Lipinski definition) is 0. The summed E-state index contributed by atoms with van der Waals surface area (Å²) in [5.74, 6) is 1.87. The first-order valence-corrected chi connectivity index (χ1v) is 12.1. The summed E-state index contributed by atoms with van der Waals surface area (Å²) in [7, 11) is 2.33. The third-order valence-corrected chi connectivity index (χ3v) is 12.9. The fraction of sp³-hybridized carbons (Fsp3) is 0.867. The maximum absolute atomic E-state index is 2.92. The van der Waals surface area contributed by atoms with Crippen LogP contribution in [0, 0.1) is 11.8 Å². The first-order valence-electron chi connectivity index (χ1n) is 7.44. The van der Waals surface area contributed by atoms with Crippen molar-refractivity contribution in [3.8, 4) is 0 Å². The van der Waals surface area contributed by atoms with Crippen LogP contribution in [0.4, 0.5) is 0 Å². The van der Waals surface area contributed by atoms with Crippen molar-refractivity contribution in [1.29, 1.82) is 0 Å². The van der Waals surface area contributed by atoms with Crippen molar-refractivity contribution in [3.63, 3.8) is 0 Å². The molecule has 0 aromatic heterocycles. The summed E-state index contributed by atoms with van der Waals surface area (Å²) in [6, 6.07) is 2.48. The molecule has 0 aromatic carbocycles. The van der Waals surface area contributed by atoms with Crippen molar-refractivity contribution in [3.05, 3.63) is 7.66 Å². The summed E-state index contributed by atoms with van der Waals surface area (Å²) >= 11 is 0.970. The molecule has 0 aromatic rings. The summed E-state index contributed by atoms with van der Waals surface area (Å²) in [6.07, 6.45) is 0. The number of fused-ring (bicyclic) bond motifs is 1. The van der Waals surface area contributed by atoms with Gasteiger partial charge in [0.15, 0.2) is 0 Å². The van der Waals surface area contributed by atoms with E-state index in [4.69, 9.17) is 0 Å². The van der Waals surface area contributed by atoms with Gasteiger partial charge in [0.05, 0.1) is 0 Å². The SMILES string of the molecule is CC(C(C)N(C)CC1=C[I-]1)[C@@H]1C(C)N1C12[I-]C1C2C. The Labute approximate surface area is 137 Å². The van der Waals surface area contributed by atoms with Gasteiger partial charge in [0.2, 0.25) is 0 Å². The van der Waals surface area contributed by atoms with Gasteiger partial charge in [-0.2, -0.15) is 0 Å². The molecule has 3 fully saturated rings. The molecule has 3 heterocycles. The molecule has 0 bridgehead atoms. The number of halogens is 2. The molecule has 2 nitrogen and oxygen atoms in total. The predicted molar refractivity (Wildman–Crippen MR) is 70.1 cm³/mol. The standard InChI is InChI=1S/C15H24I2N2/c1-8(10(3)18(5)7-12-6-16-12)13-11(4)19(13)15-9(2)14(15)17-15/h6,8-11,13-14H,7H2,1-5H3/q-2/t8?,9?,10?,11?,13-,14?,15?,19?/m1/s1. The van der Waals surface area contributed by atoms with Crippen molar-refractivity contribution in [2.45, 2.75) is 53.3 Å². The zero-order chi connectivity index (χ0) is 13.5. The quantitative estimate of drug-likeness (QED) is 0.163. The van der Waals surface area contributed by atoms with E-state index >= 15 is 0 Å². The second-order valence-corrected chi connectivity index (χ2v) is 13.2. The second kappa shape index (κ2) is 4.32. The van der Waals surface area contributed by atoms with Crippen molar-refractivity contribution >= 4 is 0 Å². The van der Waals surface area contributed by atoms with Crippen LogP contribution in [-0.2, 0) is 0 Å². The average molecular weight is 486 g/mol. The monoisotopic (exact) mass is 486 g/mol. The Morgan fingerprint density at radius 2 is 2.05 bits per heavy atom. The Morgan fingerprint density at radius 3 is 2.53 bits per heavy atom. The van der Waals surface area contributed by atoms with Gasteiger partial charge in [-0.05, 0) is 0 Å². The molecule has 110 valence electrons. The first-order chi connectivity index (χ1) is 8.98. The number of rotatable bonds is 6. The van der Waals surface area contributed by atoms with E-state index in [1.165, 1.54) is 10.5 Å². The molecule has 0 spiro atoms. The van der Waals surface area contributed by atoms with Gasteiger partial charge in [-0.25, -0.2) is 0 Å². The number of hydrogen-bond acceptors (Lipinski definition) is 2. The fourth-order valence-electron chi connectivity index (χ4n) is 3.96. The van der Waals surface area contributed by atoms with Crippen LogP contribution in [0.1, 0.15) is 27.7 Å². The summed E-state index contributed by atoms with van der Waals surface area (Å²) in [5.41, 5.74) is 0. The molecule has 0 N–H and O–H groups in total. The minimum absolute atomic E-state index is 0.413. The fourth-order valence-corrected chi connectivity index (χ4v) is 9.55. The summed E-state index contributed by atoms with van der Waals surface area (Å²) < 4.78 is 6.21. The van der Waals surface area contributed by atoms with Crippen LogP contribution in [0.5, 0.6) is 0 Å². The van der Waals surface area contributed by atoms with Crippen LogP contribution in [0.3, 0.4) is 0 Å². The van der Waals surface area contributed by atoms with E-state index < -0.39 is 0 Å². The van der Waals surface area contributed by atoms with E-state index in [9.17, 15) is 0 Å². The third-order valence-electron chi connectivity index (χ3n) is 5.82. The van der Waals surface area contributed by atoms with E-state index in [0.29, 0.717) is 42.4 Å². The van der Waals surface area contributed by atoms with Gasteiger partial charge in [-0.1, -0.05) is 0 Å². The van der Waals surface area contributed by atoms with E-state index in [1.54, 1.807) is 3.58 Å². The number of alkyl halides is 2. The summed E-state index contributed by atoms with van der Waals surface area (Å²) in [5, 5.41) is 0. The molecule has 4 rings (SSSR count). The Kier molecular flexibility index (Phi) is 3.13. The molecular formula is C15H24I2N2-2. The van der Waals surface area contributed by atoms with Crippen LogP contribution in [0.15, 0.2) is 7.66 Å². The first kappa shape index (κ1) is 13.8. The van der Waals surface area contributed by atoms with Crippen LogP contribution >= 0.6 is 0 Å². The Morgan fingerprint density at radius 1 is 1.42 bits per heavy atom. The van der Waals surface area contributed by atoms with Crippen LogP contribution in [0.25, 0.3) is 0 Å². The van der Waals surface area contributed by atoms with Crippen LogP contribution in [-0.4, -0.2) is 49.0 Å². The van der Waals surface area contributed by atoms with E-state index in [0.717, 1.165) is 33.5 Å². The molecular weight excluding hydrogens is 462 g/mol. The second-order valence-electron chi connectivity index (χ2n) is 6.85. The number of nitrogens with zero attached hydrogens (tertiary/aromatic N) is 2. The molecule has 4 aliphatic rings.